The third-order valence-electron chi connectivity index (χ3n) is 2.06. The molecule has 2 rings (SSSR count). The highest BCUT2D eigenvalue weighted by atomic mass is 79.9. The van der Waals surface area contributed by atoms with E-state index in [1.165, 1.54) is 0 Å². The number of hydrogen-bond donors (Lipinski definition) is 0. The molecule has 0 spiro atoms. The highest BCUT2D eigenvalue weighted by Crippen LogP contribution is 2.28. The number of aromatic nitrogens is 3. The fourth-order valence-corrected chi connectivity index (χ4v) is 1.98. The second-order valence-corrected chi connectivity index (χ2v) is 3.68. The molecule has 5 heteroatoms. The van der Waals surface area contributed by atoms with Gasteiger partial charge in [-0.2, -0.15) is 0 Å². The Morgan fingerprint density at radius 1 is 1.62 bits per heavy atom. The summed E-state index contributed by atoms with van der Waals surface area (Å²) >= 11 is 3.27. The van der Waals surface area contributed by atoms with Gasteiger partial charge in [-0.1, -0.05) is 11.3 Å². The minimum Gasteiger partial charge on any atom is -0.294 e. The van der Waals surface area contributed by atoms with Crippen LogP contribution in [-0.4, -0.2) is 20.8 Å². The van der Waals surface area contributed by atoms with Crippen molar-refractivity contribution in [1.29, 1.82) is 0 Å². The second-order valence-electron chi connectivity index (χ2n) is 2.93. The van der Waals surface area contributed by atoms with Crippen molar-refractivity contribution in [3.63, 3.8) is 0 Å². The van der Waals surface area contributed by atoms with Crippen LogP contribution in [0, 0.1) is 0 Å². The minimum atomic E-state index is 0.172. The largest absolute Gasteiger partial charge is 0.294 e. The van der Waals surface area contributed by atoms with Gasteiger partial charge in [0.05, 0.1) is 0 Å². The van der Waals surface area contributed by atoms with E-state index in [-0.39, 0.29) is 5.78 Å². The lowest BCUT2D eigenvalue weighted by atomic mass is 10.1. The third-order valence-corrected chi connectivity index (χ3v) is 2.60. The molecule has 4 nitrogen and oxygen atoms in total. The predicted molar refractivity (Wildman–Crippen MR) is 50.9 cm³/mol. The Bertz CT molecular complexity index is 375. The van der Waals surface area contributed by atoms with Crippen molar-refractivity contribution >= 4 is 27.3 Å². The average Bonchev–Trinajstić information content (AvgIpc) is 2.60. The quantitative estimate of drug-likeness (QED) is 0.746. The van der Waals surface area contributed by atoms with Gasteiger partial charge in [-0.25, -0.2) is 4.68 Å². The van der Waals surface area contributed by atoms with Crippen LogP contribution in [-0.2, 0) is 11.8 Å². The Balaban J connectivity index is 2.51. The zero-order valence-corrected chi connectivity index (χ0v) is 8.71. The average molecular weight is 242 g/mol. The first-order chi connectivity index (χ1) is 6.20. The predicted octanol–water partition coefficient (Wildman–Crippen LogP) is 1.32. The standard InChI is InChI=1S/C8H8BrN3O/c1-12-7(8(9)10-11-12)5-3-2-4-6(5)13/h3H,2,4H2,1H3. The van der Waals surface area contributed by atoms with Crippen LogP contribution in [0.2, 0.25) is 0 Å². The van der Waals surface area contributed by atoms with E-state index < -0.39 is 0 Å². The van der Waals surface area contributed by atoms with Gasteiger partial charge in [0.25, 0.3) is 0 Å². The maximum absolute atomic E-state index is 11.4. The summed E-state index contributed by atoms with van der Waals surface area (Å²) in [5.41, 5.74) is 1.52. The molecule has 1 aliphatic rings. The van der Waals surface area contributed by atoms with Crippen LogP contribution in [0.3, 0.4) is 0 Å². The van der Waals surface area contributed by atoms with Crippen LogP contribution in [0.4, 0.5) is 0 Å². The van der Waals surface area contributed by atoms with Gasteiger partial charge in [-0.3, -0.25) is 4.79 Å². The molecular formula is C8H8BrN3O. The highest BCUT2D eigenvalue weighted by Gasteiger charge is 2.22. The molecule has 68 valence electrons. The van der Waals surface area contributed by atoms with Gasteiger partial charge in [-0.05, 0) is 22.4 Å². The number of rotatable bonds is 1. The first-order valence-corrected chi connectivity index (χ1v) is 4.78. The van der Waals surface area contributed by atoms with Crippen LogP contribution in [0.25, 0.3) is 5.57 Å². The SMILES string of the molecule is Cn1nnc(Br)c1C1=CCCC1=O. The van der Waals surface area contributed by atoms with Crippen LogP contribution in [0.5, 0.6) is 0 Å². The summed E-state index contributed by atoms with van der Waals surface area (Å²) in [4.78, 5) is 11.4. The third kappa shape index (κ3) is 1.33. The summed E-state index contributed by atoms with van der Waals surface area (Å²) in [7, 11) is 1.78. The Morgan fingerprint density at radius 2 is 2.38 bits per heavy atom. The Hall–Kier alpha value is -0.970. The number of hydrogen-bond acceptors (Lipinski definition) is 3. The molecule has 1 aromatic heterocycles. The fourth-order valence-electron chi connectivity index (χ4n) is 1.44. The van der Waals surface area contributed by atoms with Gasteiger partial charge in [0.2, 0.25) is 0 Å². The van der Waals surface area contributed by atoms with E-state index in [9.17, 15) is 4.79 Å². The van der Waals surface area contributed by atoms with Crippen LogP contribution < -0.4 is 0 Å². The van der Waals surface area contributed by atoms with Crippen molar-refractivity contribution in [3.8, 4) is 0 Å². The van der Waals surface area contributed by atoms with Gasteiger partial charge in [-0.15, -0.1) is 5.10 Å². The summed E-state index contributed by atoms with van der Waals surface area (Å²) in [5, 5.41) is 7.65. The van der Waals surface area contributed by atoms with Crippen molar-refractivity contribution in [2.24, 2.45) is 7.05 Å². The van der Waals surface area contributed by atoms with Gasteiger partial charge in [0.15, 0.2) is 10.4 Å². The molecule has 0 atom stereocenters. The molecule has 0 aromatic carbocycles. The first-order valence-electron chi connectivity index (χ1n) is 3.99. The molecule has 0 aliphatic heterocycles. The van der Waals surface area contributed by atoms with E-state index >= 15 is 0 Å². The molecule has 1 heterocycles. The Morgan fingerprint density at radius 3 is 2.85 bits per heavy atom. The van der Waals surface area contributed by atoms with E-state index in [4.69, 9.17) is 0 Å². The van der Waals surface area contributed by atoms with Crippen molar-refractivity contribution in [3.05, 3.63) is 16.4 Å². The van der Waals surface area contributed by atoms with Gasteiger partial charge in [0.1, 0.15) is 5.69 Å². The Labute approximate surface area is 83.8 Å². The number of Topliss-reactive ketones (excluding diaryl/α,β-unsaturated/α-hetero) is 1. The van der Waals surface area contributed by atoms with Gasteiger partial charge < -0.3 is 0 Å². The van der Waals surface area contributed by atoms with Crippen molar-refractivity contribution in [2.75, 3.05) is 0 Å². The lowest BCUT2D eigenvalue weighted by Crippen LogP contribution is -2.02. The maximum Gasteiger partial charge on any atom is 0.165 e. The summed E-state index contributed by atoms with van der Waals surface area (Å²) in [6, 6.07) is 0. The number of carbonyl (C=O) groups excluding carboxylic acids is 1. The molecule has 1 aromatic rings. The molecule has 0 radical (unpaired) electrons. The lowest BCUT2D eigenvalue weighted by molar-refractivity contribution is -0.113. The van der Waals surface area contributed by atoms with Crippen molar-refractivity contribution in [2.45, 2.75) is 12.8 Å². The monoisotopic (exact) mass is 241 g/mol. The number of halogens is 1. The fraction of sp³-hybridized carbons (Fsp3) is 0.375. The van der Waals surface area contributed by atoms with Crippen molar-refractivity contribution in [1.82, 2.24) is 15.0 Å². The molecule has 0 bridgehead atoms. The maximum atomic E-state index is 11.4. The summed E-state index contributed by atoms with van der Waals surface area (Å²) in [5.74, 6) is 0.172. The molecule has 0 fully saturated rings. The smallest absolute Gasteiger partial charge is 0.165 e. The van der Waals surface area contributed by atoms with E-state index in [0.29, 0.717) is 11.0 Å². The van der Waals surface area contributed by atoms with E-state index in [1.54, 1.807) is 11.7 Å². The number of carbonyl (C=O) groups is 1. The number of allylic oxidation sites excluding steroid dienone is 2. The lowest BCUT2D eigenvalue weighted by Gasteiger charge is -1.99. The van der Waals surface area contributed by atoms with Gasteiger partial charge in [0, 0.05) is 19.0 Å². The topological polar surface area (TPSA) is 47.8 Å². The van der Waals surface area contributed by atoms with Crippen LogP contribution >= 0.6 is 15.9 Å². The number of ketones is 1. The molecule has 0 N–H and O–H groups in total. The molecular weight excluding hydrogens is 234 g/mol. The number of aryl methyl sites for hydroxylation is 1. The van der Waals surface area contributed by atoms with Gasteiger partial charge >= 0.3 is 0 Å². The van der Waals surface area contributed by atoms with Crippen molar-refractivity contribution < 1.29 is 4.79 Å². The molecule has 0 saturated carbocycles. The van der Waals surface area contributed by atoms with Crippen LogP contribution in [0.15, 0.2) is 10.7 Å². The highest BCUT2D eigenvalue weighted by molar-refractivity contribution is 9.10. The molecule has 1 aliphatic carbocycles. The molecule has 0 unspecified atom stereocenters. The zero-order valence-electron chi connectivity index (χ0n) is 7.12. The summed E-state index contributed by atoms with van der Waals surface area (Å²) in [6.45, 7) is 0. The first kappa shape index (κ1) is 8.62. The zero-order chi connectivity index (χ0) is 9.42. The number of nitrogens with zero attached hydrogens (tertiary/aromatic N) is 3. The minimum absolute atomic E-state index is 0.172. The molecule has 0 saturated heterocycles. The second kappa shape index (κ2) is 3.06. The molecule has 13 heavy (non-hydrogen) atoms. The van der Waals surface area contributed by atoms with E-state index in [1.807, 2.05) is 6.08 Å². The van der Waals surface area contributed by atoms with E-state index in [2.05, 4.69) is 26.2 Å². The summed E-state index contributed by atoms with van der Waals surface area (Å²) < 4.78 is 2.25. The molecule has 0 amide bonds. The Kier molecular flexibility index (Phi) is 2.03. The van der Waals surface area contributed by atoms with E-state index in [0.717, 1.165) is 17.7 Å². The normalized spacial score (nSPS) is 16.5. The van der Waals surface area contributed by atoms with Crippen LogP contribution in [0.1, 0.15) is 18.5 Å². The summed E-state index contributed by atoms with van der Waals surface area (Å²) in [6.07, 6.45) is 3.37.